The maximum absolute atomic E-state index is 9.92. The van der Waals surface area contributed by atoms with Gasteiger partial charge in [-0.15, -0.1) is 0 Å². The maximum atomic E-state index is 9.92. The summed E-state index contributed by atoms with van der Waals surface area (Å²) in [6, 6.07) is 0. The van der Waals surface area contributed by atoms with Crippen LogP contribution in [0.4, 0.5) is 4.79 Å². The van der Waals surface area contributed by atoms with Gasteiger partial charge in [-0.05, 0) is 6.42 Å². The third-order valence-corrected chi connectivity index (χ3v) is 1.68. The lowest BCUT2D eigenvalue weighted by atomic mass is 10.0. The first kappa shape index (κ1) is 11.8. The molecule has 0 bridgehead atoms. The van der Waals surface area contributed by atoms with Crippen LogP contribution < -0.4 is 0 Å². The highest BCUT2D eigenvalue weighted by Crippen LogP contribution is 2.07. The molecule has 13 heavy (non-hydrogen) atoms. The average Bonchev–Trinajstić information content (AvgIpc) is 2.04. The number of carbonyl (C=O) groups is 1. The highest BCUT2D eigenvalue weighted by molar-refractivity contribution is 5.58. The van der Waals surface area contributed by atoms with Gasteiger partial charge < -0.3 is 9.84 Å². The first-order valence-corrected chi connectivity index (χ1v) is 4.57. The predicted molar refractivity (Wildman–Crippen MR) is 50.2 cm³/mol. The molecule has 0 aliphatic heterocycles. The molecule has 0 amide bonds. The van der Waals surface area contributed by atoms with Gasteiger partial charge in [0.1, 0.15) is 6.11 Å². The lowest BCUT2D eigenvalue weighted by molar-refractivity contribution is 0.134. The molecule has 1 atom stereocenters. The summed E-state index contributed by atoms with van der Waals surface area (Å²) in [5.74, 6) is 2.93. The molecule has 0 aromatic rings. The van der Waals surface area contributed by atoms with Crippen LogP contribution in [0.5, 0.6) is 0 Å². The fraction of sp³-hybridized carbons (Fsp3) is 0.700. The monoisotopic (exact) mass is 184 g/mol. The van der Waals surface area contributed by atoms with Crippen LogP contribution in [-0.4, -0.2) is 11.3 Å². The van der Waals surface area contributed by atoms with Gasteiger partial charge in [-0.1, -0.05) is 39.0 Å². The summed E-state index contributed by atoms with van der Waals surface area (Å²) in [6.45, 7) is 4.11. The minimum absolute atomic E-state index is 0.214. The van der Waals surface area contributed by atoms with Crippen molar-refractivity contribution in [2.75, 3.05) is 0 Å². The third kappa shape index (κ3) is 8.74. The highest BCUT2D eigenvalue weighted by atomic mass is 16.7. The van der Waals surface area contributed by atoms with Crippen LogP contribution in [0, 0.1) is 17.9 Å². The Hall–Kier alpha value is -1.17. The van der Waals surface area contributed by atoms with Crippen molar-refractivity contribution >= 4 is 6.16 Å². The van der Waals surface area contributed by atoms with Crippen LogP contribution in [0.15, 0.2) is 0 Å². The van der Waals surface area contributed by atoms with Gasteiger partial charge in [-0.25, -0.2) is 4.79 Å². The standard InChI is InChI=1S/C10H16O3/c1-3-4-5-6-9(2)7-8-13-10(11)12/h9H,3-6H2,1-2H3,(H,11,12). The van der Waals surface area contributed by atoms with Gasteiger partial charge in [0.25, 0.3) is 0 Å². The summed E-state index contributed by atoms with van der Waals surface area (Å²) in [6.07, 6.45) is 5.35. The Balaban J connectivity index is 3.52. The molecular formula is C10H16O3. The summed E-state index contributed by atoms with van der Waals surface area (Å²) >= 11 is 0. The Bertz CT molecular complexity index is 200. The van der Waals surface area contributed by atoms with Gasteiger partial charge in [-0.2, -0.15) is 0 Å². The molecule has 3 heteroatoms. The van der Waals surface area contributed by atoms with E-state index in [1.165, 1.54) is 12.8 Å². The molecule has 0 saturated carbocycles. The fourth-order valence-corrected chi connectivity index (χ4v) is 0.946. The number of carboxylic acid groups (broad SMARTS) is 1. The number of hydrogen-bond donors (Lipinski definition) is 1. The molecule has 0 aromatic heterocycles. The van der Waals surface area contributed by atoms with E-state index in [-0.39, 0.29) is 5.92 Å². The molecule has 0 radical (unpaired) electrons. The van der Waals surface area contributed by atoms with E-state index < -0.39 is 6.16 Å². The lowest BCUT2D eigenvalue weighted by Gasteiger charge is -2.00. The van der Waals surface area contributed by atoms with Crippen molar-refractivity contribution in [3.63, 3.8) is 0 Å². The van der Waals surface area contributed by atoms with Crippen molar-refractivity contribution < 1.29 is 14.6 Å². The van der Waals surface area contributed by atoms with Gasteiger partial charge in [0.05, 0.1) is 0 Å². The molecule has 0 spiro atoms. The van der Waals surface area contributed by atoms with E-state index in [4.69, 9.17) is 5.11 Å². The highest BCUT2D eigenvalue weighted by Gasteiger charge is 1.97. The van der Waals surface area contributed by atoms with E-state index in [1.54, 1.807) is 0 Å². The second-order valence-electron chi connectivity index (χ2n) is 3.01. The molecule has 74 valence electrons. The Morgan fingerprint density at radius 3 is 2.77 bits per heavy atom. The van der Waals surface area contributed by atoms with Crippen molar-refractivity contribution in [1.29, 1.82) is 0 Å². The van der Waals surface area contributed by atoms with E-state index in [2.05, 4.69) is 23.7 Å². The zero-order valence-electron chi connectivity index (χ0n) is 8.17. The van der Waals surface area contributed by atoms with Crippen LogP contribution in [0.1, 0.15) is 39.5 Å². The van der Waals surface area contributed by atoms with Crippen LogP contribution in [0.3, 0.4) is 0 Å². The van der Waals surface area contributed by atoms with Crippen LogP contribution >= 0.6 is 0 Å². The van der Waals surface area contributed by atoms with E-state index in [0.717, 1.165) is 12.8 Å². The SMILES string of the molecule is CCCCCC(C)C#COC(=O)O. The van der Waals surface area contributed by atoms with Crippen LogP contribution in [0.2, 0.25) is 0 Å². The van der Waals surface area contributed by atoms with E-state index >= 15 is 0 Å². The quantitative estimate of drug-likeness (QED) is 0.415. The zero-order chi connectivity index (χ0) is 10.1. The summed E-state index contributed by atoms with van der Waals surface area (Å²) in [5.41, 5.74) is 0. The van der Waals surface area contributed by atoms with Crippen molar-refractivity contribution in [2.45, 2.75) is 39.5 Å². The zero-order valence-corrected chi connectivity index (χ0v) is 8.17. The lowest BCUT2D eigenvalue weighted by Crippen LogP contribution is -1.95. The predicted octanol–water partition coefficient (Wildman–Crippen LogP) is 2.86. The summed E-state index contributed by atoms with van der Waals surface area (Å²) < 4.78 is 4.07. The number of hydrogen-bond acceptors (Lipinski definition) is 2. The number of unbranched alkanes of at least 4 members (excludes halogenated alkanes) is 2. The van der Waals surface area contributed by atoms with Gasteiger partial charge in [0.15, 0.2) is 0 Å². The molecule has 0 aliphatic carbocycles. The minimum atomic E-state index is -1.34. The Morgan fingerprint density at radius 1 is 1.54 bits per heavy atom. The topological polar surface area (TPSA) is 46.5 Å². The third-order valence-electron chi connectivity index (χ3n) is 1.68. The first-order valence-electron chi connectivity index (χ1n) is 4.57. The van der Waals surface area contributed by atoms with Gasteiger partial charge >= 0.3 is 6.16 Å². The molecule has 0 aromatic carbocycles. The van der Waals surface area contributed by atoms with Gasteiger partial charge in [-0.3, -0.25) is 0 Å². The van der Waals surface area contributed by atoms with Gasteiger partial charge in [0.2, 0.25) is 0 Å². The summed E-state index contributed by atoms with van der Waals surface area (Å²) in [4.78, 5) is 9.92. The van der Waals surface area contributed by atoms with Crippen molar-refractivity contribution in [1.82, 2.24) is 0 Å². The van der Waals surface area contributed by atoms with E-state index in [0.29, 0.717) is 0 Å². The molecule has 0 saturated heterocycles. The first-order chi connectivity index (χ1) is 6.16. The average molecular weight is 184 g/mol. The summed E-state index contributed by atoms with van der Waals surface area (Å²) in [5, 5.41) is 8.12. The molecule has 0 rings (SSSR count). The smallest absolute Gasteiger partial charge is 0.449 e. The normalized spacial score (nSPS) is 11.2. The maximum Gasteiger partial charge on any atom is 0.520 e. The molecular weight excluding hydrogens is 168 g/mol. The summed E-state index contributed by atoms with van der Waals surface area (Å²) in [7, 11) is 0. The van der Waals surface area contributed by atoms with Crippen molar-refractivity contribution in [2.24, 2.45) is 5.92 Å². The molecule has 3 nitrogen and oxygen atoms in total. The Morgan fingerprint density at radius 2 is 2.23 bits per heavy atom. The second kappa shape index (κ2) is 7.48. The largest absolute Gasteiger partial charge is 0.520 e. The van der Waals surface area contributed by atoms with Gasteiger partial charge in [0, 0.05) is 5.92 Å². The number of ether oxygens (including phenoxy) is 1. The molecule has 1 N–H and O–H groups in total. The number of rotatable bonds is 4. The van der Waals surface area contributed by atoms with Crippen LogP contribution in [0.25, 0.3) is 0 Å². The molecule has 0 aliphatic rings. The van der Waals surface area contributed by atoms with Crippen molar-refractivity contribution in [3.8, 4) is 12.0 Å². The van der Waals surface area contributed by atoms with E-state index in [9.17, 15) is 4.79 Å². The molecule has 0 fully saturated rings. The Kier molecular flexibility index (Phi) is 6.80. The van der Waals surface area contributed by atoms with Crippen molar-refractivity contribution in [3.05, 3.63) is 0 Å². The molecule has 1 unspecified atom stereocenters. The second-order valence-corrected chi connectivity index (χ2v) is 3.01. The Labute approximate surface area is 79.1 Å². The molecule has 0 heterocycles. The van der Waals surface area contributed by atoms with E-state index in [1.807, 2.05) is 6.92 Å². The minimum Gasteiger partial charge on any atom is -0.449 e. The van der Waals surface area contributed by atoms with Crippen LogP contribution in [-0.2, 0) is 4.74 Å². The fourth-order valence-electron chi connectivity index (χ4n) is 0.946.